The van der Waals surface area contributed by atoms with Crippen LogP contribution >= 0.6 is 0 Å². The molecule has 1 aliphatic rings. The number of fused-ring (bicyclic) bond motifs is 2. The Balaban J connectivity index is 1.94. The van der Waals surface area contributed by atoms with Crippen LogP contribution in [0.25, 0.3) is 22.3 Å². The summed E-state index contributed by atoms with van der Waals surface area (Å²) >= 11 is 0. The van der Waals surface area contributed by atoms with Gasteiger partial charge >= 0.3 is 5.69 Å². The van der Waals surface area contributed by atoms with E-state index in [4.69, 9.17) is 4.74 Å². The van der Waals surface area contributed by atoms with Gasteiger partial charge in [0.25, 0.3) is 5.56 Å². The monoisotopic (exact) mass is 402 g/mol. The molecule has 3 heterocycles. The first-order valence-electron chi connectivity index (χ1n) is 9.39. The van der Waals surface area contributed by atoms with Crippen LogP contribution in [-0.2, 0) is 11.8 Å². The maximum absolute atomic E-state index is 13.0. The number of anilines is 1. The number of ether oxygens (including phenoxy) is 1. The van der Waals surface area contributed by atoms with Crippen LogP contribution in [0.1, 0.15) is 17.0 Å². The molecule has 0 aliphatic carbocycles. The molecular weight excluding hydrogens is 384 g/mol. The minimum atomic E-state index is -0.714. The summed E-state index contributed by atoms with van der Waals surface area (Å²) in [6.07, 6.45) is 0. The van der Waals surface area contributed by atoms with Crippen LogP contribution in [0.5, 0.6) is 5.75 Å². The quantitative estimate of drug-likeness (QED) is 0.489. The summed E-state index contributed by atoms with van der Waals surface area (Å²) in [6, 6.07) is 14.7. The summed E-state index contributed by atoms with van der Waals surface area (Å²) in [7, 11) is 3.12. The van der Waals surface area contributed by atoms with E-state index in [0.29, 0.717) is 33.9 Å². The molecule has 0 fully saturated rings. The Morgan fingerprint density at radius 2 is 1.70 bits per heavy atom. The lowest BCUT2D eigenvalue weighted by Crippen LogP contribution is -2.28. The minimum absolute atomic E-state index is 0.235. The predicted molar refractivity (Wildman–Crippen MR) is 113 cm³/mol. The van der Waals surface area contributed by atoms with Gasteiger partial charge in [0.15, 0.2) is 0 Å². The van der Waals surface area contributed by atoms with Gasteiger partial charge in [-0.25, -0.2) is 4.79 Å². The normalized spacial score (nSPS) is 15.3. The standard InChI is InChI=1S/C22H18N4O4/c1-26-19-17(21(28)25-22(26)29)16(15-11-7-3-5-9-13(11)23-20(15)27)18(24-19)12-8-4-6-10-14(12)30-2/h3-10,15,24H,1-2H3,(H,23,27)(H,25,28,29)/t15-/m0/s1. The molecule has 3 N–H and O–H groups in total. The van der Waals surface area contributed by atoms with Gasteiger partial charge in [0.2, 0.25) is 5.91 Å². The number of nitrogens with one attached hydrogen (secondary N) is 3. The molecular formula is C22H18N4O4. The Labute approximate surface area is 170 Å². The van der Waals surface area contributed by atoms with Crippen molar-refractivity contribution >= 4 is 22.6 Å². The molecule has 5 rings (SSSR count). The van der Waals surface area contributed by atoms with Crippen LogP contribution < -0.4 is 21.3 Å². The maximum atomic E-state index is 13.0. The highest BCUT2D eigenvalue weighted by Gasteiger charge is 2.37. The van der Waals surface area contributed by atoms with Crippen molar-refractivity contribution in [2.75, 3.05) is 12.4 Å². The van der Waals surface area contributed by atoms with Crippen molar-refractivity contribution in [1.29, 1.82) is 0 Å². The largest absolute Gasteiger partial charge is 0.496 e. The summed E-state index contributed by atoms with van der Waals surface area (Å²) < 4.78 is 6.85. The second-order valence-corrected chi connectivity index (χ2v) is 7.17. The number of amides is 1. The zero-order valence-electron chi connectivity index (χ0n) is 16.3. The molecule has 1 aliphatic heterocycles. The van der Waals surface area contributed by atoms with Gasteiger partial charge in [-0.2, -0.15) is 0 Å². The molecule has 0 saturated carbocycles. The molecule has 0 radical (unpaired) electrons. The molecule has 0 unspecified atom stereocenters. The van der Waals surface area contributed by atoms with Gasteiger partial charge in [-0.15, -0.1) is 0 Å². The van der Waals surface area contributed by atoms with Gasteiger partial charge in [-0.3, -0.25) is 19.1 Å². The number of hydrogen-bond donors (Lipinski definition) is 3. The number of methoxy groups -OCH3 is 1. The number of hydrogen-bond acceptors (Lipinski definition) is 4. The van der Waals surface area contributed by atoms with Crippen LogP contribution in [0.3, 0.4) is 0 Å². The molecule has 1 amide bonds. The minimum Gasteiger partial charge on any atom is -0.496 e. The third kappa shape index (κ3) is 2.43. The van der Waals surface area contributed by atoms with E-state index in [9.17, 15) is 14.4 Å². The second-order valence-electron chi connectivity index (χ2n) is 7.17. The van der Waals surface area contributed by atoms with E-state index in [1.165, 1.54) is 4.57 Å². The fourth-order valence-corrected chi connectivity index (χ4v) is 4.17. The van der Waals surface area contributed by atoms with Crippen molar-refractivity contribution < 1.29 is 9.53 Å². The lowest BCUT2D eigenvalue weighted by atomic mass is 9.89. The SMILES string of the molecule is COc1ccccc1-c1[nH]c2c(c1[C@H]1C(=O)Nc3ccccc31)c(=O)[nH]c(=O)n2C. The Morgan fingerprint density at radius 3 is 2.50 bits per heavy atom. The van der Waals surface area contributed by atoms with Crippen LogP contribution in [-0.4, -0.2) is 27.6 Å². The summed E-state index contributed by atoms with van der Waals surface area (Å²) in [4.78, 5) is 43.7. The van der Waals surface area contributed by atoms with E-state index in [2.05, 4.69) is 15.3 Å². The average molecular weight is 402 g/mol. The fourth-order valence-electron chi connectivity index (χ4n) is 4.17. The number of benzene rings is 2. The van der Waals surface area contributed by atoms with E-state index in [0.717, 1.165) is 5.56 Å². The summed E-state index contributed by atoms with van der Waals surface area (Å²) in [5.74, 6) is -0.367. The molecule has 8 nitrogen and oxygen atoms in total. The third-order valence-corrected chi connectivity index (χ3v) is 5.56. The van der Waals surface area contributed by atoms with E-state index < -0.39 is 17.2 Å². The molecule has 150 valence electrons. The van der Waals surface area contributed by atoms with E-state index in [1.54, 1.807) is 20.2 Å². The highest BCUT2D eigenvalue weighted by atomic mass is 16.5. The molecule has 4 aromatic rings. The molecule has 1 atom stereocenters. The number of rotatable bonds is 3. The number of nitrogens with zero attached hydrogens (tertiary/aromatic N) is 1. The van der Waals surface area contributed by atoms with Crippen LogP contribution in [0.2, 0.25) is 0 Å². The molecule has 8 heteroatoms. The number of aromatic amines is 2. The van der Waals surface area contributed by atoms with E-state index >= 15 is 0 Å². The van der Waals surface area contributed by atoms with Gasteiger partial charge in [0, 0.05) is 23.9 Å². The highest BCUT2D eigenvalue weighted by Crippen LogP contribution is 2.44. The molecule has 2 aromatic carbocycles. The van der Waals surface area contributed by atoms with Gasteiger partial charge in [0.05, 0.1) is 24.1 Å². The number of carbonyl (C=O) groups excluding carboxylic acids is 1. The molecule has 0 spiro atoms. The van der Waals surface area contributed by atoms with Crippen molar-refractivity contribution in [1.82, 2.24) is 14.5 Å². The van der Waals surface area contributed by atoms with Gasteiger partial charge in [-0.1, -0.05) is 30.3 Å². The maximum Gasteiger partial charge on any atom is 0.329 e. The van der Waals surface area contributed by atoms with Gasteiger partial charge in [-0.05, 0) is 23.8 Å². The van der Waals surface area contributed by atoms with E-state index in [1.807, 2.05) is 42.5 Å². The summed E-state index contributed by atoms with van der Waals surface area (Å²) in [5.41, 5.74) is 2.49. The molecule has 0 saturated heterocycles. The van der Waals surface area contributed by atoms with Crippen molar-refractivity contribution in [2.45, 2.75) is 5.92 Å². The lowest BCUT2D eigenvalue weighted by molar-refractivity contribution is -0.116. The first kappa shape index (κ1) is 18.0. The number of aromatic nitrogens is 3. The van der Waals surface area contributed by atoms with Crippen molar-refractivity contribution in [3.63, 3.8) is 0 Å². The number of aryl methyl sites for hydroxylation is 1. The van der Waals surface area contributed by atoms with Gasteiger partial charge in [0.1, 0.15) is 11.4 Å². The molecule has 0 bridgehead atoms. The first-order chi connectivity index (χ1) is 14.5. The summed E-state index contributed by atoms with van der Waals surface area (Å²) in [5, 5.41) is 3.16. The number of carbonyl (C=O) groups is 1. The van der Waals surface area contributed by atoms with Crippen LogP contribution in [0.4, 0.5) is 5.69 Å². The topological polar surface area (TPSA) is 109 Å². The average Bonchev–Trinajstić information content (AvgIpc) is 3.29. The predicted octanol–water partition coefficient (Wildman–Crippen LogP) is 2.31. The Hall–Kier alpha value is -4.07. The molecule has 2 aromatic heterocycles. The van der Waals surface area contributed by atoms with Crippen LogP contribution in [0.15, 0.2) is 58.1 Å². The van der Waals surface area contributed by atoms with E-state index in [-0.39, 0.29) is 11.3 Å². The molecule has 30 heavy (non-hydrogen) atoms. The Kier molecular flexibility index (Phi) is 3.89. The zero-order valence-corrected chi connectivity index (χ0v) is 16.3. The smallest absolute Gasteiger partial charge is 0.329 e. The summed E-state index contributed by atoms with van der Waals surface area (Å²) in [6.45, 7) is 0. The lowest BCUT2D eigenvalue weighted by Gasteiger charge is -2.13. The third-order valence-electron chi connectivity index (χ3n) is 5.56. The first-order valence-corrected chi connectivity index (χ1v) is 9.39. The Bertz CT molecular complexity index is 1440. The zero-order chi connectivity index (χ0) is 21.0. The van der Waals surface area contributed by atoms with Gasteiger partial charge < -0.3 is 15.0 Å². The number of H-pyrrole nitrogens is 2. The fraction of sp³-hybridized carbons (Fsp3) is 0.136. The Morgan fingerprint density at radius 1 is 0.967 bits per heavy atom. The van der Waals surface area contributed by atoms with Crippen molar-refractivity contribution in [3.05, 3.63) is 80.5 Å². The second kappa shape index (κ2) is 6.48. The van der Waals surface area contributed by atoms with Crippen molar-refractivity contribution in [2.24, 2.45) is 7.05 Å². The van der Waals surface area contributed by atoms with Crippen molar-refractivity contribution in [3.8, 4) is 17.0 Å². The number of para-hydroxylation sites is 2. The van der Waals surface area contributed by atoms with Crippen LogP contribution in [0, 0.1) is 0 Å². The highest BCUT2D eigenvalue weighted by molar-refractivity contribution is 6.09.